The van der Waals surface area contributed by atoms with Crippen molar-refractivity contribution >= 4 is 5.91 Å². The minimum Gasteiger partial charge on any atom is -0.497 e. The molecule has 2 N–H and O–H groups in total. The van der Waals surface area contributed by atoms with E-state index in [4.69, 9.17) is 19.9 Å². The molecule has 150 valence electrons. The topological polar surface area (TPSA) is 83.7 Å². The van der Waals surface area contributed by atoms with Gasteiger partial charge in [0.15, 0.2) is 11.5 Å². The van der Waals surface area contributed by atoms with E-state index in [0.717, 1.165) is 16.8 Å². The molecular weight excluding hydrogens is 368 g/mol. The van der Waals surface area contributed by atoms with Crippen LogP contribution in [-0.4, -0.2) is 25.1 Å². The summed E-state index contributed by atoms with van der Waals surface area (Å²) in [7, 11) is 3.14. The quantitative estimate of drug-likeness (QED) is 0.655. The summed E-state index contributed by atoms with van der Waals surface area (Å²) in [5, 5.41) is 0. The van der Waals surface area contributed by atoms with Gasteiger partial charge in [0, 0.05) is 29.1 Å². The molecule has 6 heteroatoms. The van der Waals surface area contributed by atoms with Crippen molar-refractivity contribution in [2.75, 3.05) is 14.2 Å². The van der Waals surface area contributed by atoms with Crippen LogP contribution >= 0.6 is 0 Å². The molecule has 29 heavy (non-hydrogen) atoms. The van der Waals surface area contributed by atoms with Gasteiger partial charge in [-0.1, -0.05) is 30.3 Å². The molecule has 0 spiro atoms. The van der Waals surface area contributed by atoms with E-state index in [1.54, 1.807) is 20.3 Å². The monoisotopic (exact) mass is 392 g/mol. The van der Waals surface area contributed by atoms with E-state index in [9.17, 15) is 4.79 Å². The third kappa shape index (κ3) is 4.16. The van der Waals surface area contributed by atoms with Crippen molar-refractivity contribution in [1.29, 1.82) is 0 Å². The number of nitrogens with zero attached hydrogens (tertiary/aromatic N) is 1. The molecule has 1 heterocycles. The highest BCUT2D eigenvalue weighted by Crippen LogP contribution is 2.44. The summed E-state index contributed by atoms with van der Waals surface area (Å²) in [4.78, 5) is 16.4. The second-order valence-corrected chi connectivity index (χ2v) is 6.60. The first-order valence-corrected chi connectivity index (χ1v) is 9.15. The van der Waals surface area contributed by atoms with Gasteiger partial charge in [-0.05, 0) is 31.0 Å². The predicted molar refractivity (Wildman–Crippen MR) is 112 cm³/mol. The zero-order valence-corrected chi connectivity index (χ0v) is 17.0. The first-order chi connectivity index (χ1) is 14.0. The number of methoxy groups -OCH3 is 2. The highest BCUT2D eigenvalue weighted by Gasteiger charge is 2.23. The Morgan fingerprint density at radius 3 is 2.41 bits per heavy atom. The average molecular weight is 392 g/mol. The molecule has 0 aliphatic rings. The lowest BCUT2D eigenvalue weighted by Gasteiger charge is -2.20. The fraction of sp³-hybridized carbons (Fsp3) is 0.217. The van der Waals surface area contributed by atoms with Gasteiger partial charge in [-0.2, -0.15) is 0 Å². The van der Waals surface area contributed by atoms with E-state index in [0.29, 0.717) is 40.5 Å². The largest absolute Gasteiger partial charge is 0.497 e. The van der Waals surface area contributed by atoms with Gasteiger partial charge < -0.3 is 19.9 Å². The SMILES string of the molecule is COc1cc(OC)c(OCc2ccccc2)c(-c2c(C(N)=O)cnc(C)c2C)c1. The van der Waals surface area contributed by atoms with E-state index in [-0.39, 0.29) is 0 Å². The third-order valence-corrected chi connectivity index (χ3v) is 4.82. The van der Waals surface area contributed by atoms with Gasteiger partial charge >= 0.3 is 0 Å². The van der Waals surface area contributed by atoms with Crippen LogP contribution in [0.1, 0.15) is 27.2 Å². The zero-order valence-electron chi connectivity index (χ0n) is 17.0. The Labute approximate surface area is 170 Å². The van der Waals surface area contributed by atoms with Gasteiger partial charge in [-0.15, -0.1) is 0 Å². The molecule has 0 aliphatic heterocycles. The van der Waals surface area contributed by atoms with Crippen LogP contribution in [0.5, 0.6) is 17.2 Å². The molecule has 2 aromatic carbocycles. The summed E-state index contributed by atoms with van der Waals surface area (Å²) in [5.74, 6) is 1.02. The van der Waals surface area contributed by atoms with E-state index in [1.807, 2.05) is 50.2 Å². The minimum atomic E-state index is -0.564. The van der Waals surface area contributed by atoms with Crippen molar-refractivity contribution in [2.24, 2.45) is 5.73 Å². The Morgan fingerprint density at radius 2 is 1.79 bits per heavy atom. The summed E-state index contributed by atoms with van der Waals surface area (Å²) in [6, 6.07) is 13.4. The van der Waals surface area contributed by atoms with Gasteiger partial charge in [0.25, 0.3) is 5.91 Å². The standard InChI is InChI=1S/C23H24N2O4/c1-14-15(2)25-12-19(23(24)26)21(14)18-10-17(27-3)11-20(28-4)22(18)29-13-16-8-6-5-7-9-16/h5-12H,13H2,1-4H3,(H2,24,26). The Bertz CT molecular complexity index is 1030. The molecule has 0 atom stereocenters. The highest BCUT2D eigenvalue weighted by atomic mass is 16.5. The van der Waals surface area contributed by atoms with Crippen molar-refractivity contribution in [3.63, 3.8) is 0 Å². The molecule has 0 saturated carbocycles. The fourth-order valence-electron chi connectivity index (χ4n) is 3.15. The van der Waals surface area contributed by atoms with Crippen LogP contribution in [0.25, 0.3) is 11.1 Å². The number of ether oxygens (including phenoxy) is 3. The molecule has 1 aromatic heterocycles. The van der Waals surface area contributed by atoms with Crippen molar-refractivity contribution in [3.05, 3.63) is 71.0 Å². The lowest BCUT2D eigenvalue weighted by molar-refractivity contribution is 0.100. The maximum atomic E-state index is 12.1. The molecule has 0 aliphatic carbocycles. The Hall–Kier alpha value is -3.54. The number of hydrogen-bond donors (Lipinski definition) is 1. The molecule has 6 nitrogen and oxygen atoms in total. The molecular formula is C23H24N2O4. The second-order valence-electron chi connectivity index (χ2n) is 6.60. The number of carbonyl (C=O) groups excluding carboxylic acids is 1. The minimum absolute atomic E-state index is 0.313. The molecule has 0 radical (unpaired) electrons. The van der Waals surface area contributed by atoms with E-state index >= 15 is 0 Å². The fourth-order valence-corrected chi connectivity index (χ4v) is 3.15. The molecule has 0 fully saturated rings. The van der Waals surface area contributed by atoms with Crippen LogP contribution in [0.3, 0.4) is 0 Å². The van der Waals surface area contributed by atoms with Crippen LogP contribution < -0.4 is 19.9 Å². The average Bonchev–Trinajstić information content (AvgIpc) is 2.74. The number of amides is 1. The molecule has 3 aromatic rings. The summed E-state index contributed by atoms with van der Waals surface area (Å²) in [6.07, 6.45) is 1.49. The number of nitrogens with two attached hydrogens (primary N) is 1. The lowest BCUT2D eigenvalue weighted by atomic mass is 9.93. The highest BCUT2D eigenvalue weighted by molar-refractivity contribution is 6.01. The van der Waals surface area contributed by atoms with Crippen LogP contribution in [0.2, 0.25) is 0 Å². The maximum Gasteiger partial charge on any atom is 0.250 e. The van der Waals surface area contributed by atoms with Gasteiger partial charge in [-0.3, -0.25) is 9.78 Å². The van der Waals surface area contributed by atoms with Crippen LogP contribution in [0, 0.1) is 13.8 Å². The normalized spacial score (nSPS) is 10.5. The number of benzene rings is 2. The molecule has 0 bridgehead atoms. The number of pyridine rings is 1. The Kier molecular flexibility index (Phi) is 6.02. The summed E-state index contributed by atoms with van der Waals surface area (Å²) >= 11 is 0. The zero-order chi connectivity index (χ0) is 21.0. The molecule has 3 rings (SSSR count). The van der Waals surface area contributed by atoms with Crippen LogP contribution in [0.15, 0.2) is 48.7 Å². The number of primary amides is 1. The van der Waals surface area contributed by atoms with Crippen molar-refractivity contribution in [3.8, 4) is 28.4 Å². The van der Waals surface area contributed by atoms with Crippen LogP contribution in [0.4, 0.5) is 0 Å². The van der Waals surface area contributed by atoms with Gasteiger partial charge in [-0.25, -0.2) is 0 Å². The van der Waals surface area contributed by atoms with Crippen molar-refractivity contribution in [2.45, 2.75) is 20.5 Å². The first kappa shape index (κ1) is 20.2. The Morgan fingerprint density at radius 1 is 1.07 bits per heavy atom. The lowest BCUT2D eigenvalue weighted by Crippen LogP contribution is -2.15. The Balaban J connectivity index is 2.22. The van der Waals surface area contributed by atoms with Gasteiger partial charge in [0.05, 0.1) is 19.8 Å². The predicted octanol–water partition coefficient (Wildman–Crippen LogP) is 4.06. The van der Waals surface area contributed by atoms with Crippen LogP contribution in [-0.2, 0) is 6.61 Å². The van der Waals surface area contributed by atoms with E-state index in [2.05, 4.69) is 4.98 Å². The third-order valence-electron chi connectivity index (χ3n) is 4.82. The number of aromatic nitrogens is 1. The van der Waals surface area contributed by atoms with E-state index in [1.165, 1.54) is 6.20 Å². The maximum absolute atomic E-state index is 12.1. The number of hydrogen-bond acceptors (Lipinski definition) is 5. The molecule has 0 unspecified atom stereocenters. The summed E-state index contributed by atoms with van der Waals surface area (Å²) in [6.45, 7) is 4.12. The van der Waals surface area contributed by atoms with Gasteiger partial charge in [0.1, 0.15) is 12.4 Å². The van der Waals surface area contributed by atoms with E-state index < -0.39 is 5.91 Å². The summed E-state index contributed by atoms with van der Waals surface area (Å²) < 4.78 is 17.2. The second kappa shape index (κ2) is 8.65. The first-order valence-electron chi connectivity index (χ1n) is 9.15. The molecule has 1 amide bonds. The van der Waals surface area contributed by atoms with Crippen molar-refractivity contribution in [1.82, 2.24) is 4.98 Å². The summed E-state index contributed by atoms with van der Waals surface area (Å²) in [5.41, 5.74) is 9.91. The number of rotatable bonds is 7. The number of aryl methyl sites for hydroxylation is 1. The van der Waals surface area contributed by atoms with Crippen molar-refractivity contribution < 1.29 is 19.0 Å². The smallest absolute Gasteiger partial charge is 0.250 e. The number of carbonyl (C=O) groups is 1. The molecule has 0 saturated heterocycles. The van der Waals surface area contributed by atoms with Gasteiger partial charge in [0.2, 0.25) is 0 Å².